The third-order valence-corrected chi connectivity index (χ3v) is 3.94. The summed E-state index contributed by atoms with van der Waals surface area (Å²) in [5.41, 5.74) is 6.43. The van der Waals surface area contributed by atoms with Gasteiger partial charge in [-0.05, 0) is 47.6 Å². The van der Waals surface area contributed by atoms with E-state index >= 15 is 0 Å². The van der Waals surface area contributed by atoms with Crippen LogP contribution in [0, 0.1) is 0 Å². The van der Waals surface area contributed by atoms with Crippen LogP contribution in [0.25, 0.3) is 6.08 Å². The normalized spacial score (nSPS) is 10.3. The van der Waals surface area contributed by atoms with Gasteiger partial charge >= 0.3 is 0 Å². The van der Waals surface area contributed by atoms with Gasteiger partial charge in [0, 0.05) is 11.1 Å². The van der Waals surface area contributed by atoms with Gasteiger partial charge in [-0.1, -0.05) is 41.9 Å². The fourth-order valence-corrected chi connectivity index (χ4v) is 2.41. The minimum Gasteiger partial charge on any atom is -0.497 e. The molecule has 0 bridgehead atoms. The first-order chi connectivity index (χ1) is 13.0. The largest absolute Gasteiger partial charge is 0.497 e. The van der Waals surface area contributed by atoms with Gasteiger partial charge in [-0.15, -0.1) is 0 Å². The number of amides is 2. The summed E-state index contributed by atoms with van der Waals surface area (Å²) in [5, 5.41) is 2.94. The predicted molar refractivity (Wildman–Crippen MR) is 109 cm³/mol. The van der Waals surface area contributed by atoms with Crippen LogP contribution in [0.3, 0.4) is 0 Å². The number of halogens is 1. The molecule has 0 saturated carbocycles. The summed E-state index contributed by atoms with van der Waals surface area (Å²) in [7, 11) is 1.57. The summed E-state index contributed by atoms with van der Waals surface area (Å²) in [4.78, 5) is 23.7. The van der Waals surface area contributed by atoms with Crippen LogP contribution in [0.4, 0.5) is 0 Å². The Morgan fingerprint density at radius 3 is 2.48 bits per heavy atom. The SMILES string of the molecule is COc1ccc(CC(=O)NNC(=S)NC(=O)C=Cc2ccccc2Cl)cc1. The number of ether oxygens (including phenoxy) is 1. The van der Waals surface area contributed by atoms with Crippen LogP contribution >= 0.6 is 23.8 Å². The van der Waals surface area contributed by atoms with Gasteiger partial charge in [0.15, 0.2) is 5.11 Å². The molecule has 0 spiro atoms. The molecule has 0 aromatic heterocycles. The highest BCUT2D eigenvalue weighted by atomic mass is 35.5. The topological polar surface area (TPSA) is 79.5 Å². The molecule has 140 valence electrons. The number of rotatable bonds is 5. The van der Waals surface area contributed by atoms with Crippen molar-refractivity contribution in [3.8, 4) is 5.75 Å². The highest BCUT2D eigenvalue weighted by Gasteiger charge is 2.06. The van der Waals surface area contributed by atoms with Crippen molar-refractivity contribution in [3.63, 3.8) is 0 Å². The van der Waals surface area contributed by atoms with E-state index in [-0.39, 0.29) is 17.4 Å². The molecule has 27 heavy (non-hydrogen) atoms. The van der Waals surface area contributed by atoms with Crippen LogP contribution in [-0.4, -0.2) is 24.0 Å². The lowest BCUT2D eigenvalue weighted by Crippen LogP contribution is -2.48. The number of methoxy groups -OCH3 is 1. The first kappa shape index (κ1) is 20.4. The van der Waals surface area contributed by atoms with E-state index in [2.05, 4.69) is 16.2 Å². The average Bonchev–Trinajstić information content (AvgIpc) is 2.66. The van der Waals surface area contributed by atoms with Crippen LogP contribution in [0.1, 0.15) is 11.1 Å². The maximum absolute atomic E-state index is 11.9. The lowest BCUT2D eigenvalue weighted by atomic mass is 10.1. The van der Waals surface area contributed by atoms with E-state index in [0.29, 0.717) is 16.3 Å². The Hall–Kier alpha value is -2.90. The molecule has 2 amide bonds. The van der Waals surface area contributed by atoms with E-state index in [0.717, 1.165) is 5.56 Å². The molecule has 0 radical (unpaired) electrons. The van der Waals surface area contributed by atoms with Gasteiger partial charge in [0.1, 0.15) is 5.75 Å². The number of carbonyl (C=O) groups excluding carboxylic acids is 2. The Labute approximate surface area is 167 Å². The van der Waals surface area contributed by atoms with Gasteiger partial charge in [-0.2, -0.15) is 0 Å². The first-order valence-electron chi connectivity index (χ1n) is 7.93. The van der Waals surface area contributed by atoms with Gasteiger partial charge in [-0.25, -0.2) is 0 Å². The number of hydrogen-bond donors (Lipinski definition) is 3. The van der Waals surface area contributed by atoms with Gasteiger partial charge in [0.05, 0.1) is 13.5 Å². The molecule has 0 unspecified atom stereocenters. The molecule has 2 rings (SSSR count). The van der Waals surface area contributed by atoms with E-state index in [1.54, 1.807) is 55.7 Å². The van der Waals surface area contributed by atoms with Gasteiger partial charge < -0.3 is 4.74 Å². The van der Waals surface area contributed by atoms with Crippen LogP contribution < -0.4 is 20.9 Å². The number of benzene rings is 2. The highest BCUT2D eigenvalue weighted by Crippen LogP contribution is 2.16. The zero-order valence-corrected chi connectivity index (χ0v) is 16.1. The molecule has 0 saturated heterocycles. The van der Waals surface area contributed by atoms with Gasteiger partial charge in [-0.3, -0.25) is 25.8 Å². The number of thiocarbonyl (C=S) groups is 1. The summed E-state index contributed by atoms with van der Waals surface area (Å²) in [6.45, 7) is 0. The predicted octanol–water partition coefficient (Wildman–Crippen LogP) is 2.63. The minimum absolute atomic E-state index is 0.0214. The van der Waals surface area contributed by atoms with E-state index in [1.165, 1.54) is 6.08 Å². The molecular formula is C19H18ClN3O3S. The van der Waals surface area contributed by atoms with Crippen molar-refractivity contribution in [1.82, 2.24) is 16.2 Å². The van der Waals surface area contributed by atoms with Crippen molar-refractivity contribution in [2.75, 3.05) is 7.11 Å². The van der Waals surface area contributed by atoms with Crippen LogP contribution in [-0.2, 0) is 16.0 Å². The average molecular weight is 404 g/mol. The lowest BCUT2D eigenvalue weighted by molar-refractivity contribution is -0.121. The molecular weight excluding hydrogens is 386 g/mol. The molecule has 2 aromatic carbocycles. The number of carbonyl (C=O) groups is 2. The van der Waals surface area contributed by atoms with E-state index in [1.807, 2.05) is 6.07 Å². The lowest BCUT2D eigenvalue weighted by Gasteiger charge is -2.10. The summed E-state index contributed by atoms with van der Waals surface area (Å²) >= 11 is 11.0. The van der Waals surface area contributed by atoms with Crippen LogP contribution in [0.5, 0.6) is 5.75 Å². The molecule has 2 aromatic rings. The maximum atomic E-state index is 11.9. The fraction of sp³-hybridized carbons (Fsp3) is 0.105. The smallest absolute Gasteiger partial charge is 0.250 e. The van der Waals surface area contributed by atoms with E-state index in [4.69, 9.17) is 28.6 Å². The van der Waals surface area contributed by atoms with Crippen molar-refractivity contribution in [2.45, 2.75) is 6.42 Å². The first-order valence-corrected chi connectivity index (χ1v) is 8.72. The monoisotopic (exact) mass is 403 g/mol. The summed E-state index contributed by atoms with van der Waals surface area (Å²) < 4.78 is 5.06. The second-order valence-corrected chi connectivity index (χ2v) is 6.19. The van der Waals surface area contributed by atoms with Crippen molar-refractivity contribution >= 4 is 46.8 Å². The zero-order chi connectivity index (χ0) is 19.6. The molecule has 0 aliphatic rings. The van der Waals surface area contributed by atoms with E-state index < -0.39 is 5.91 Å². The van der Waals surface area contributed by atoms with Gasteiger partial charge in [0.25, 0.3) is 0 Å². The minimum atomic E-state index is -0.447. The molecule has 8 heteroatoms. The second kappa shape index (κ2) is 10.3. The number of hydrazine groups is 1. The molecule has 0 aliphatic heterocycles. The standard InChI is InChI=1S/C19H18ClN3O3S/c1-26-15-9-6-13(7-10-15)12-18(25)22-23-19(27)21-17(24)11-8-14-4-2-3-5-16(14)20/h2-11H,12H2,1H3,(H,22,25)(H2,21,23,24,27). The molecule has 0 fully saturated rings. The van der Waals surface area contributed by atoms with Crippen molar-refractivity contribution in [2.24, 2.45) is 0 Å². The Morgan fingerprint density at radius 2 is 1.81 bits per heavy atom. The van der Waals surface area contributed by atoms with Crippen molar-refractivity contribution in [3.05, 3.63) is 70.8 Å². The van der Waals surface area contributed by atoms with Crippen LogP contribution in [0.15, 0.2) is 54.6 Å². The maximum Gasteiger partial charge on any atom is 0.250 e. The zero-order valence-electron chi connectivity index (χ0n) is 14.5. The summed E-state index contributed by atoms with van der Waals surface area (Å²) in [6, 6.07) is 14.2. The summed E-state index contributed by atoms with van der Waals surface area (Å²) in [5.74, 6) is -0.0359. The second-order valence-electron chi connectivity index (χ2n) is 5.37. The number of nitrogens with one attached hydrogen (secondary N) is 3. The van der Waals surface area contributed by atoms with Crippen molar-refractivity contribution < 1.29 is 14.3 Å². The Bertz CT molecular complexity index is 854. The Balaban J connectivity index is 1.75. The van der Waals surface area contributed by atoms with E-state index in [9.17, 15) is 9.59 Å². The van der Waals surface area contributed by atoms with Gasteiger partial charge in [0.2, 0.25) is 11.8 Å². The highest BCUT2D eigenvalue weighted by molar-refractivity contribution is 7.80. The fourth-order valence-electron chi connectivity index (χ4n) is 2.06. The van der Waals surface area contributed by atoms with Crippen molar-refractivity contribution in [1.29, 1.82) is 0 Å². The third kappa shape index (κ3) is 7.08. The number of hydrogen-bond acceptors (Lipinski definition) is 4. The molecule has 0 heterocycles. The van der Waals surface area contributed by atoms with Crippen LogP contribution in [0.2, 0.25) is 5.02 Å². The molecule has 3 N–H and O–H groups in total. The third-order valence-electron chi connectivity index (χ3n) is 3.40. The molecule has 0 aliphatic carbocycles. The molecule has 0 atom stereocenters. The molecule has 6 nitrogen and oxygen atoms in total. The Kier molecular flexibility index (Phi) is 7.79. The Morgan fingerprint density at radius 1 is 1.11 bits per heavy atom. The summed E-state index contributed by atoms with van der Waals surface area (Å²) in [6.07, 6.45) is 3.02. The quantitative estimate of drug-likeness (QED) is 0.406.